The molecule has 2 amide bonds. The second-order valence-corrected chi connectivity index (χ2v) is 5.36. The first-order valence-electron chi connectivity index (χ1n) is 7.28. The van der Waals surface area contributed by atoms with Gasteiger partial charge in [0.05, 0.1) is 5.02 Å². The predicted molar refractivity (Wildman–Crippen MR) is 87.2 cm³/mol. The van der Waals surface area contributed by atoms with Crippen molar-refractivity contribution in [2.75, 3.05) is 6.61 Å². The standard InChI is InChI=1S/C17H11ClF3NO5/c18-11-2-1-3-12(19)14(11)16(25)26-8-13(23)22-15(24)9-4-6-10(7-5-9)27-17(20)21/h1-7,17H,8H2,(H,22,23,24). The Morgan fingerprint density at radius 3 is 2.33 bits per heavy atom. The Balaban J connectivity index is 1.90. The third-order valence-electron chi connectivity index (χ3n) is 3.10. The molecule has 0 radical (unpaired) electrons. The van der Waals surface area contributed by atoms with E-state index in [0.29, 0.717) is 0 Å². The third kappa shape index (κ3) is 5.71. The molecule has 0 atom stereocenters. The van der Waals surface area contributed by atoms with Crippen LogP contribution in [0.15, 0.2) is 42.5 Å². The third-order valence-corrected chi connectivity index (χ3v) is 3.41. The second kappa shape index (κ2) is 9.04. The van der Waals surface area contributed by atoms with Gasteiger partial charge in [0.15, 0.2) is 6.61 Å². The van der Waals surface area contributed by atoms with Crippen LogP contribution in [0.4, 0.5) is 13.2 Å². The normalized spacial score (nSPS) is 10.4. The van der Waals surface area contributed by atoms with Gasteiger partial charge in [-0.1, -0.05) is 17.7 Å². The van der Waals surface area contributed by atoms with Gasteiger partial charge in [-0.15, -0.1) is 0 Å². The zero-order valence-corrected chi connectivity index (χ0v) is 14.1. The van der Waals surface area contributed by atoms with E-state index in [2.05, 4.69) is 9.47 Å². The Morgan fingerprint density at radius 1 is 1.07 bits per heavy atom. The van der Waals surface area contributed by atoms with Crippen molar-refractivity contribution in [3.8, 4) is 5.75 Å². The van der Waals surface area contributed by atoms with Crippen LogP contribution in [-0.4, -0.2) is 31.0 Å². The average Bonchev–Trinajstić information content (AvgIpc) is 2.60. The Labute approximate surface area is 155 Å². The van der Waals surface area contributed by atoms with Crippen molar-refractivity contribution in [2.24, 2.45) is 0 Å². The summed E-state index contributed by atoms with van der Waals surface area (Å²) < 4.78 is 46.4. The van der Waals surface area contributed by atoms with E-state index in [1.54, 1.807) is 0 Å². The van der Waals surface area contributed by atoms with Crippen LogP contribution >= 0.6 is 11.6 Å². The first-order chi connectivity index (χ1) is 12.8. The number of hydrogen-bond acceptors (Lipinski definition) is 5. The maximum Gasteiger partial charge on any atom is 0.387 e. The smallest absolute Gasteiger partial charge is 0.387 e. The minimum atomic E-state index is -3.01. The van der Waals surface area contributed by atoms with Gasteiger partial charge in [-0.05, 0) is 36.4 Å². The number of carbonyl (C=O) groups is 3. The van der Waals surface area contributed by atoms with Crippen LogP contribution in [0, 0.1) is 5.82 Å². The Bertz CT molecular complexity index is 838. The number of esters is 1. The molecule has 0 saturated heterocycles. The van der Waals surface area contributed by atoms with Crippen molar-refractivity contribution in [3.05, 3.63) is 64.4 Å². The van der Waals surface area contributed by atoms with E-state index in [-0.39, 0.29) is 16.3 Å². The van der Waals surface area contributed by atoms with Crippen LogP contribution in [0.1, 0.15) is 20.7 Å². The first kappa shape index (κ1) is 20.2. The number of amides is 2. The number of rotatable bonds is 6. The lowest BCUT2D eigenvalue weighted by Crippen LogP contribution is -2.34. The van der Waals surface area contributed by atoms with Gasteiger partial charge in [-0.2, -0.15) is 8.78 Å². The van der Waals surface area contributed by atoms with Gasteiger partial charge >= 0.3 is 12.6 Å². The summed E-state index contributed by atoms with van der Waals surface area (Å²) in [5, 5.41) is 1.73. The Kier molecular flexibility index (Phi) is 6.78. The molecule has 0 saturated carbocycles. The number of benzene rings is 2. The SMILES string of the molecule is O=C(COC(=O)c1c(F)cccc1Cl)NC(=O)c1ccc(OC(F)F)cc1. The van der Waals surface area contributed by atoms with E-state index in [4.69, 9.17) is 11.6 Å². The van der Waals surface area contributed by atoms with E-state index < -0.39 is 42.4 Å². The molecule has 10 heteroatoms. The summed E-state index contributed by atoms with van der Waals surface area (Å²) in [5.74, 6) is -4.09. The molecular weight excluding hydrogens is 391 g/mol. The molecule has 142 valence electrons. The number of alkyl halides is 2. The highest BCUT2D eigenvalue weighted by Gasteiger charge is 2.19. The minimum absolute atomic E-state index is 0.0200. The van der Waals surface area contributed by atoms with Gasteiger partial charge in [-0.3, -0.25) is 14.9 Å². The molecule has 6 nitrogen and oxygen atoms in total. The molecule has 0 aliphatic heterocycles. The lowest BCUT2D eigenvalue weighted by Gasteiger charge is -2.08. The number of hydrogen-bond donors (Lipinski definition) is 1. The largest absolute Gasteiger partial charge is 0.452 e. The van der Waals surface area contributed by atoms with Crippen LogP contribution in [0.2, 0.25) is 5.02 Å². The number of nitrogens with one attached hydrogen (secondary N) is 1. The second-order valence-electron chi connectivity index (χ2n) is 4.95. The van der Waals surface area contributed by atoms with Crippen molar-refractivity contribution in [1.29, 1.82) is 0 Å². The molecule has 2 rings (SSSR count). The van der Waals surface area contributed by atoms with Crippen molar-refractivity contribution < 1.29 is 37.0 Å². The maximum atomic E-state index is 13.6. The van der Waals surface area contributed by atoms with Gasteiger partial charge < -0.3 is 9.47 Å². The first-order valence-corrected chi connectivity index (χ1v) is 7.66. The minimum Gasteiger partial charge on any atom is -0.452 e. The zero-order valence-electron chi connectivity index (χ0n) is 13.4. The summed E-state index contributed by atoms with van der Waals surface area (Å²) in [5.41, 5.74) is -0.554. The van der Waals surface area contributed by atoms with Gasteiger partial charge in [-0.25, -0.2) is 9.18 Å². The number of ether oxygens (including phenoxy) is 2. The highest BCUT2D eigenvalue weighted by molar-refractivity contribution is 6.33. The number of carbonyl (C=O) groups excluding carboxylic acids is 3. The van der Waals surface area contributed by atoms with Crippen molar-refractivity contribution in [1.82, 2.24) is 5.32 Å². The number of imide groups is 1. The highest BCUT2D eigenvalue weighted by Crippen LogP contribution is 2.19. The molecule has 0 aromatic heterocycles. The molecule has 0 unspecified atom stereocenters. The molecule has 0 fully saturated rings. The average molecular weight is 402 g/mol. The van der Waals surface area contributed by atoms with E-state index in [0.717, 1.165) is 30.3 Å². The van der Waals surface area contributed by atoms with Crippen molar-refractivity contribution >= 4 is 29.4 Å². The summed E-state index contributed by atoms with van der Waals surface area (Å²) in [6.45, 7) is -3.87. The fourth-order valence-corrected chi connectivity index (χ4v) is 2.16. The molecule has 27 heavy (non-hydrogen) atoms. The van der Waals surface area contributed by atoms with Gasteiger partial charge in [0.2, 0.25) is 0 Å². The maximum absolute atomic E-state index is 13.6. The van der Waals surface area contributed by atoms with E-state index in [9.17, 15) is 27.6 Å². The topological polar surface area (TPSA) is 81.7 Å². The van der Waals surface area contributed by atoms with Crippen LogP contribution < -0.4 is 10.1 Å². The van der Waals surface area contributed by atoms with Crippen LogP contribution in [-0.2, 0) is 9.53 Å². The molecular formula is C17H11ClF3NO5. The molecule has 0 spiro atoms. The monoisotopic (exact) mass is 401 g/mol. The number of halogens is 4. The van der Waals surface area contributed by atoms with Crippen molar-refractivity contribution in [2.45, 2.75) is 6.61 Å². The van der Waals surface area contributed by atoms with E-state index in [1.807, 2.05) is 5.32 Å². The lowest BCUT2D eigenvalue weighted by molar-refractivity contribution is -0.123. The highest BCUT2D eigenvalue weighted by atomic mass is 35.5. The van der Waals surface area contributed by atoms with Crippen LogP contribution in [0.3, 0.4) is 0 Å². The van der Waals surface area contributed by atoms with Gasteiger partial charge in [0, 0.05) is 5.56 Å². The van der Waals surface area contributed by atoms with Crippen molar-refractivity contribution in [3.63, 3.8) is 0 Å². The molecule has 2 aromatic carbocycles. The molecule has 0 bridgehead atoms. The zero-order chi connectivity index (χ0) is 20.0. The lowest BCUT2D eigenvalue weighted by atomic mass is 10.2. The predicted octanol–water partition coefficient (Wildman–Crippen LogP) is 3.19. The van der Waals surface area contributed by atoms with Gasteiger partial charge in [0.1, 0.15) is 17.1 Å². The van der Waals surface area contributed by atoms with E-state index in [1.165, 1.54) is 12.1 Å². The molecule has 1 N–H and O–H groups in total. The molecule has 0 aliphatic carbocycles. The quantitative estimate of drug-likeness (QED) is 0.752. The summed E-state index contributed by atoms with van der Waals surface area (Å²) in [4.78, 5) is 35.3. The van der Waals surface area contributed by atoms with Crippen LogP contribution in [0.25, 0.3) is 0 Å². The fraction of sp³-hybridized carbons (Fsp3) is 0.118. The van der Waals surface area contributed by atoms with Gasteiger partial charge in [0.25, 0.3) is 11.8 Å². The Hall–Kier alpha value is -3.07. The van der Waals surface area contributed by atoms with Crippen LogP contribution in [0.5, 0.6) is 5.75 Å². The summed E-state index contributed by atoms with van der Waals surface area (Å²) in [6, 6.07) is 8.10. The molecule has 0 aliphatic rings. The summed E-state index contributed by atoms with van der Waals surface area (Å²) in [7, 11) is 0. The fourth-order valence-electron chi connectivity index (χ4n) is 1.92. The Morgan fingerprint density at radius 2 is 1.74 bits per heavy atom. The van der Waals surface area contributed by atoms with E-state index >= 15 is 0 Å². The molecule has 0 heterocycles. The summed E-state index contributed by atoms with van der Waals surface area (Å²) in [6.07, 6.45) is 0. The molecule has 2 aromatic rings. The summed E-state index contributed by atoms with van der Waals surface area (Å²) >= 11 is 5.70.